The minimum atomic E-state index is -0.674. The van der Waals surface area contributed by atoms with Crippen molar-refractivity contribution in [3.8, 4) is 0 Å². The van der Waals surface area contributed by atoms with Crippen LogP contribution in [-0.2, 0) is 16.1 Å². The molecule has 2 aromatic carbocycles. The Morgan fingerprint density at radius 2 is 1.87 bits per heavy atom. The van der Waals surface area contributed by atoms with Crippen molar-refractivity contribution < 1.29 is 14.4 Å². The first kappa shape index (κ1) is 22.8. The third-order valence-corrected chi connectivity index (χ3v) is 5.43. The van der Waals surface area contributed by atoms with Gasteiger partial charge in [0.25, 0.3) is 5.91 Å². The molecule has 1 unspecified atom stereocenters. The molecule has 0 aliphatic carbocycles. The SMILES string of the molecule is CC(C)CC(NC(=O)c1ccc(Cl)cc1)C(=O)Nc1cccc(CN2CCCC2=O)c1. The van der Waals surface area contributed by atoms with Crippen LogP contribution in [0, 0.1) is 5.92 Å². The van der Waals surface area contributed by atoms with Crippen molar-refractivity contribution in [3.05, 3.63) is 64.7 Å². The van der Waals surface area contributed by atoms with Gasteiger partial charge in [0.05, 0.1) is 0 Å². The first-order valence-corrected chi connectivity index (χ1v) is 10.9. The van der Waals surface area contributed by atoms with E-state index in [4.69, 9.17) is 11.6 Å². The van der Waals surface area contributed by atoms with Crippen LogP contribution in [-0.4, -0.2) is 35.2 Å². The summed E-state index contributed by atoms with van der Waals surface area (Å²) in [6, 6.07) is 13.3. The van der Waals surface area contributed by atoms with E-state index in [0.717, 1.165) is 18.5 Å². The van der Waals surface area contributed by atoms with Crippen molar-refractivity contribution in [2.75, 3.05) is 11.9 Å². The third-order valence-electron chi connectivity index (χ3n) is 5.17. The summed E-state index contributed by atoms with van der Waals surface area (Å²) in [4.78, 5) is 39.3. The molecule has 1 aliphatic heterocycles. The quantitative estimate of drug-likeness (QED) is 0.642. The van der Waals surface area contributed by atoms with Gasteiger partial charge in [-0.15, -0.1) is 0 Å². The molecule has 1 saturated heterocycles. The fraction of sp³-hybridized carbons (Fsp3) is 0.375. The maximum atomic E-state index is 13.0. The van der Waals surface area contributed by atoms with Crippen molar-refractivity contribution in [2.45, 2.75) is 45.7 Å². The number of nitrogens with zero attached hydrogens (tertiary/aromatic N) is 1. The maximum absolute atomic E-state index is 13.0. The van der Waals surface area contributed by atoms with E-state index in [0.29, 0.717) is 35.7 Å². The zero-order valence-corrected chi connectivity index (χ0v) is 18.6. The van der Waals surface area contributed by atoms with Crippen LogP contribution in [0.1, 0.15) is 49.0 Å². The van der Waals surface area contributed by atoms with E-state index in [1.807, 2.05) is 36.9 Å². The van der Waals surface area contributed by atoms with Crippen LogP contribution in [0.4, 0.5) is 5.69 Å². The molecule has 2 N–H and O–H groups in total. The van der Waals surface area contributed by atoms with E-state index in [1.165, 1.54) is 0 Å². The van der Waals surface area contributed by atoms with Gasteiger partial charge >= 0.3 is 0 Å². The molecule has 0 spiro atoms. The van der Waals surface area contributed by atoms with E-state index in [1.54, 1.807) is 30.3 Å². The zero-order valence-electron chi connectivity index (χ0n) is 17.9. The largest absolute Gasteiger partial charge is 0.340 e. The smallest absolute Gasteiger partial charge is 0.251 e. The number of rotatable bonds is 8. The number of halogens is 1. The zero-order chi connectivity index (χ0) is 22.4. The van der Waals surface area contributed by atoms with Crippen LogP contribution < -0.4 is 10.6 Å². The molecule has 0 bridgehead atoms. The summed E-state index contributed by atoms with van der Waals surface area (Å²) in [5.74, 6) is -0.214. The normalized spacial score (nSPS) is 14.6. The van der Waals surface area contributed by atoms with Gasteiger partial charge in [-0.3, -0.25) is 14.4 Å². The second-order valence-electron chi connectivity index (χ2n) is 8.27. The summed E-state index contributed by atoms with van der Waals surface area (Å²) in [5.41, 5.74) is 2.05. The van der Waals surface area contributed by atoms with E-state index >= 15 is 0 Å². The first-order valence-electron chi connectivity index (χ1n) is 10.6. The molecule has 3 amide bonds. The molecular weight excluding hydrogens is 414 g/mol. The molecular formula is C24H28ClN3O3. The number of carbonyl (C=O) groups is 3. The van der Waals surface area contributed by atoms with Crippen LogP contribution in [0.25, 0.3) is 0 Å². The summed E-state index contributed by atoms with van der Waals surface area (Å²) in [6.07, 6.45) is 1.99. The number of anilines is 1. The highest BCUT2D eigenvalue weighted by Gasteiger charge is 2.23. The molecule has 31 heavy (non-hydrogen) atoms. The summed E-state index contributed by atoms with van der Waals surface area (Å²) in [7, 11) is 0. The highest BCUT2D eigenvalue weighted by atomic mass is 35.5. The Morgan fingerprint density at radius 1 is 1.13 bits per heavy atom. The molecule has 0 aromatic heterocycles. The summed E-state index contributed by atoms with van der Waals surface area (Å²) in [5, 5.41) is 6.29. The lowest BCUT2D eigenvalue weighted by Gasteiger charge is -2.21. The van der Waals surface area contributed by atoms with Gasteiger partial charge in [0, 0.05) is 35.8 Å². The topological polar surface area (TPSA) is 78.5 Å². The lowest BCUT2D eigenvalue weighted by molar-refractivity contribution is -0.128. The van der Waals surface area contributed by atoms with Gasteiger partial charge in [-0.25, -0.2) is 0 Å². The van der Waals surface area contributed by atoms with E-state index in [9.17, 15) is 14.4 Å². The summed E-state index contributed by atoms with van der Waals surface area (Å²) < 4.78 is 0. The van der Waals surface area contributed by atoms with Crippen molar-refractivity contribution in [1.29, 1.82) is 0 Å². The monoisotopic (exact) mass is 441 g/mol. The standard InChI is InChI=1S/C24H28ClN3O3/c1-16(2)13-21(27-23(30)18-8-10-19(25)11-9-18)24(31)26-20-6-3-5-17(14-20)15-28-12-4-7-22(28)29/h3,5-6,8-11,14,16,21H,4,7,12-13,15H2,1-2H3,(H,26,31)(H,27,30). The molecule has 0 saturated carbocycles. The van der Waals surface area contributed by atoms with Crippen molar-refractivity contribution in [2.24, 2.45) is 5.92 Å². The van der Waals surface area contributed by atoms with E-state index < -0.39 is 6.04 Å². The first-order chi connectivity index (χ1) is 14.8. The number of likely N-dealkylation sites (tertiary alicyclic amines) is 1. The second kappa shape index (κ2) is 10.4. The number of hydrogen-bond acceptors (Lipinski definition) is 3. The minimum absolute atomic E-state index is 0.163. The average Bonchev–Trinajstić information content (AvgIpc) is 3.12. The lowest BCUT2D eigenvalue weighted by Crippen LogP contribution is -2.44. The van der Waals surface area contributed by atoms with Gasteiger partial charge in [-0.05, 0) is 60.7 Å². The fourth-order valence-corrected chi connectivity index (χ4v) is 3.74. The van der Waals surface area contributed by atoms with Crippen molar-refractivity contribution in [3.63, 3.8) is 0 Å². The van der Waals surface area contributed by atoms with Gasteiger partial charge < -0.3 is 15.5 Å². The van der Waals surface area contributed by atoms with Gasteiger partial charge in [-0.1, -0.05) is 37.6 Å². The molecule has 6 nitrogen and oxygen atoms in total. The Balaban J connectivity index is 1.67. The van der Waals surface area contributed by atoms with E-state index in [-0.39, 0.29) is 23.6 Å². The van der Waals surface area contributed by atoms with Crippen LogP contribution >= 0.6 is 11.6 Å². The van der Waals surface area contributed by atoms with Gasteiger partial charge in [0.2, 0.25) is 11.8 Å². The van der Waals surface area contributed by atoms with Crippen molar-refractivity contribution >= 4 is 35.0 Å². The number of nitrogens with one attached hydrogen (secondary N) is 2. The predicted octanol–water partition coefficient (Wildman–Crippen LogP) is 4.25. The fourth-order valence-electron chi connectivity index (χ4n) is 3.61. The molecule has 1 fully saturated rings. The molecule has 1 aliphatic rings. The Labute approximate surface area is 188 Å². The third kappa shape index (κ3) is 6.56. The number of hydrogen-bond donors (Lipinski definition) is 2. The van der Waals surface area contributed by atoms with Crippen molar-refractivity contribution in [1.82, 2.24) is 10.2 Å². The molecule has 0 radical (unpaired) electrons. The lowest BCUT2D eigenvalue weighted by atomic mass is 10.0. The van der Waals surface area contributed by atoms with Crippen LogP contribution in [0.5, 0.6) is 0 Å². The van der Waals surface area contributed by atoms with Gasteiger partial charge in [0.15, 0.2) is 0 Å². The minimum Gasteiger partial charge on any atom is -0.340 e. The molecule has 1 heterocycles. The molecule has 1 atom stereocenters. The van der Waals surface area contributed by atoms with Gasteiger partial charge in [-0.2, -0.15) is 0 Å². The Morgan fingerprint density at radius 3 is 2.52 bits per heavy atom. The molecule has 7 heteroatoms. The van der Waals surface area contributed by atoms with E-state index in [2.05, 4.69) is 10.6 Å². The number of carbonyl (C=O) groups excluding carboxylic acids is 3. The average molecular weight is 442 g/mol. The highest BCUT2D eigenvalue weighted by Crippen LogP contribution is 2.18. The summed E-state index contributed by atoms with van der Waals surface area (Å²) >= 11 is 5.89. The Bertz CT molecular complexity index is 943. The maximum Gasteiger partial charge on any atom is 0.251 e. The van der Waals surface area contributed by atoms with Crippen LogP contribution in [0.15, 0.2) is 48.5 Å². The molecule has 3 rings (SSSR count). The Hall–Kier alpha value is -2.86. The number of amides is 3. The highest BCUT2D eigenvalue weighted by molar-refractivity contribution is 6.30. The molecule has 2 aromatic rings. The predicted molar refractivity (Wildman–Crippen MR) is 122 cm³/mol. The Kier molecular flexibility index (Phi) is 7.69. The van der Waals surface area contributed by atoms with Gasteiger partial charge in [0.1, 0.15) is 6.04 Å². The molecule has 164 valence electrons. The van der Waals surface area contributed by atoms with Crippen LogP contribution in [0.2, 0.25) is 5.02 Å². The second-order valence-corrected chi connectivity index (χ2v) is 8.71. The number of benzene rings is 2. The van der Waals surface area contributed by atoms with Crippen LogP contribution in [0.3, 0.4) is 0 Å². The summed E-state index contributed by atoms with van der Waals surface area (Å²) in [6.45, 7) is 5.30.